The van der Waals surface area contributed by atoms with Crippen LogP contribution in [-0.2, 0) is 18.6 Å². The van der Waals surface area contributed by atoms with E-state index in [1.54, 1.807) is 19.1 Å². The van der Waals surface area contributed by atoms with Crippen LogP contribution in [0.4, 0.5) is 0 Å². The third kappa shape index (κ3) is 5.79. The molecule has 1 rings (SSSR count). The number of ether oxygens (including phenoxy) is 2. The zero-order chi connectivity index (χ0) is 17.3. The normalized spacial score (nSPS) is 13.9. The van der Waals surface area contributed by atoms with Crippen LogP contribution < -0.4 is 5.73 Å². The first kappa shape index (κ1) is 20.5. The molecule has 0 saturated carbocycles. The summed E-state index contributed by atoms with van der Waals surface area (Å²) < 4.78 is 29.5. The minimum Gasteiger partial charge on any atom is -0.330 e. The van der Waals surface area contributed by atoms with Gasteiger partial charge in [-0.1, -0.05) is 28.3 Å². The Labute approximate surface area is 144 Å². The predicted molar refractivity (Wildman–Crippen MR) is 93.1 cm³/mol. The quantitative estimate of drug-likeness (QED) is 0.470. The molecule has 5 nitrogen and oxygen atoms in total. The van der Waals surface area contributed by atoms with Gasteiger partial charge in [0, 0.05) is 18.2 Å². The average Bonchev–Trinajstić information content (AvgIpc) is 2.54. The maximum atomic E-state index is 12.1. The molecular weight excluding hydrogens is 337 g/mol. The number of benzene rings is 1. The maximum Gasteiger partial charge on any atom is 0.513 e. The highest BCUT2D eigenvalue weighted by Crippen LogP contribution is 2.43. The summed E-state index contributed by atoms with van der Waals surface area (Å²) in [6.45, 7) is 6.63. The van der Waals surface area contributed by atoms with Crippen molar-refractivity contribution in [3.05, 3.63) is 34.9 Å². The van der Waals surface area contributed by atoms with Gasteiger partial charge in [-0.3, -0.25) is 0 Å². The van der Waals surface area contributed by atoms with E-state index in [9.17, 15) is 4.57 Å². The largest absolute Gasteiger partial charge is 0.513 e. The molecule has 2 unspecified atom stereocenters. The molecule has 130 valence electrons. The second-order valence-electron chi connectivity index (χ2n) is 4.89. The van der Waals surface area contributed by atoms with Crippen LogP contribution >= 0.6 is 19.6 Å². The van der Waals surface area contributed by atoms with Crippen LogP contribution in [0.3, 0.4) is 0 Å². The van der Waals surface area contributed by atoms with Crippen molar-refractivity contribution in [2.75, 3.05) is 25.9 Å². The Morgan fingerprint density at radius 3 is 2.17 bits per heavy atom. The molecular formula is C16H26ClNO4P+. The minimum absolute atomic E-state index is 0.310. The summed E-state index contributed by atoms with van der Waals surface area (Å²) in [6.07, 6.45) is 0.946. The van der Waals surface area contributed by atoms with Crippen molar-refractivity contribution in [2.24, 2.45) is 5.73 Å². The van der Waals surface area contributed by atoms with Gasteiger partial charge in [-0.05, 0) is 56.0 Å². The minimum atomic E-state index is -1.90. The van der Waals surface area contributed by atoms with E-state index >= 15 is 0 Å². The van der Waals surface area contributed by atoms with E-state index in [1.165, 1.54) is 0 Å². The molecule has 7 heteroatoms. The van der Waals surface area contributed by atoms with E-state index in [4.69, 9.17) is 31.3 Å². The zero-order valence-electron chi connectivity index (χ0n) is 14.0. The topological polar surface area (TPSA) is 70.8 Å². The summed E-state index contributed by atoms with van der Waals surface area (Å²) >= 11 is 5.97. The SMILES string of the molecule is CCOC(OCC)(O[P+](=O)CC)C(CCN)c1ccc(Cl)cc1. The molecule has 0 spiro atoms. The van der Waals surface area contributed by atoms with Gasteiger partial charge in [0.05, 0.1) is 5.92 Å². The molecule has 0 saturated heterocycles. The van der Waals surface area contributed by atoms with Gasteiger partial charge < -0.3 is 15.2 Å². The van der Waals surface area contributed by atoms with Crippen LogP contribution in [0.1, 0.15) is 38.7 Å². The first-order valence-electron chi connectivity index (χ1n) is 7.90. The lowest BCUT2D eigenvalue weighted by atomic mass is 9.93. The lowest BCUT2D eigenvalue weighted by molar-refractivity contribution is -0.352. The van der Waals surface area contributed by atoms with Crippen molar-refractivity contribution in [1.82, 2.24) is 0 Å². The van der Waals surface area contributed by atoms with E-state index in [0.29, 0.717) is 37.4 Å². The van der Waals surface area contributed by atoms with Gasteiger partial charge in [-0.15, -0.1) is 0 Å². The highest BCUT2D eigenvalue weighted by Gasteiger charge is 2.49. The molecule has 0 aliphatic rings. The van der Waals surface area contributed by atoms with Crippen LogP contribution in [-0.4, -0.2) is 31.9 Å². The Morgan fingerprint density at radius 1 is 1.17 bits per heavy atom. The molecule has 0 radical (unpaired) electrons. The third-order valence-corrected chi connectivity index (χ3v) is 4.56. The van der Waals surface area contributed by atoms with Crippen LogP contribution in [0, 0.1) is 0 Å². The first-order valence-corrected chi connectivity index (χ1v) is 9.64. The summed E-state index contributed by atoms with van der Waals surface area (Å²) in [5.74, 6) is -1.73. The molecule has 0 aromatic heterocycles. The lowest BCUT2D eigenvalue weighted by Crippen LogP contribution is -2.44. The van der Waals surface area contributed by atoms with Gasteiger partial charge in [0.1, 0.15) is 0 Å². The molecule has 1 aromatic carbocycles. The van der Waals surface area contributed by atoms with E-state index in [1.807, 2.05) is 26.0 Å². The number of hydrogen-bond acceptors (Lipinski definition) is 5. The van der Waals surface area contributed by atoms with Crippen molar-refractivity contribution in [2.45, 2.75) is 39.1 Å². The average molecular weight is 363 g/mol. The summed E-state index contributed by atoms with van der Waals surface area (Å²) in [5.41, 5.74) is 6.70. The molecule has 2 N–H and O–H groups in total. The monoisotopic (exact) mass is 362 g/mol. The molecule has 0 fully saturated rings. The Bertz CT molecular complexity index is 477. The summed E-state index contributed by atoms with van der Waals surface area (Å²) in [4.78, 5) is 0. The Kier molecular flexibility index (Phi) is 9.22. The number of halogens is 1. The van der Waals surface area contributed by atoms with Crippen molar-refractivity contribution in [3.63, 3.8) is 0 Å². The Balaban J connectivity index is 3.28. The standard InChI is InChI=1S/C16H26ClNO4P/c1-4-20-16(21-5-2,22-23(19)6-3)15(11-12-18)13-7-9-14(17)10-8-13/h7-10,15H,4-6,11-12,18H2,1-3H3/q+1. The second kappa shape index (κ2) is 10.3. The molecule has 0 bridgehead atoms. The van der Waals surface area contributed by atoms with Crippen molar-refractivity contribution in [1.29, 1.82) is 0 Å². The Hall–Kier alpha value is -0.550. The van der Waals surface area contributed by atoms with Gasteiger partial charge in [-0.2, -0.15) is 0 Å². The van der Waals surface area contributed by atoms with Crippen LogP contribution in [0.15, 0.2) is 24.3 Å². The van der Waals surface area contributed by atoms with E-state index in [2.05, 4.69) is 0 Å². The fourth-order valence-electron chi connectivity index (χ4n) is 2.38. The first-order chi connectivity index (χ1) is 11.0. The fourth-order valence-corrected chi connectivity index (χ4v) is 3.15. The predicted octanol–water partition coefficient (Wildman–Crippen LogP) is 4.28. The van der Waals surface area contributed by atoms with Gasteiger partial charge in [0.25, 0.3) is 0 Å². The van der Waals surface area contributed by atoms with E-state index in [0.717, 1.165) is 5.56 Å². The molecule has 0 amide bonds. The summed E-state index contributed by atoms with van der Waals surface area (Å²) in [6, 6.07) is 7.36. The molecule has 0 aliphatic carbocycles. The number of rotatable bonds is 11. The molecule has 0 heterocycles. The van der Waals surface area contributed by atoms with Crippen molar-refractivity contribution in [3.8, 4) is 0 Å². The highest BCUT2D eigenvalue weighted by molar-refractivity contribution is 7.39. The smallest absolute Gasteiger partial charge is 0.330 e. The van der Waals surface area contributed by atoms with E-state index in [-0.39, 0.29) is 5.92 Å². The zero-order valence-corrected chi connectivity index (χ0v) is 15.6. The third-order valence-electron chi connectivity index (χ3n) is 3.33. The maximum absolute atomic E-state index is 12.1. The molecule has 23 heavy (non-hydrogen) atoms. The highest BCUT2D eigenvalue weighted by atomic mass is 35.5. The van der Waals surface area contributed by atoms with Crippen LogP contribution in [0.25, 0.3) is 0 Å². The molecule has 1 aromatic rings. The van der Waals surface area contributed by atoms with Gasteiger partial charge in [-0.25, -0.2) is 0 Å². The van der Waals surface area contributed by atoms with E-state index < -0.39 is 14.0 Å². The molecule has 0 aliphatic heterocycles. The summed E-state index contributed by atoms with van der Waals surface area (Å²) in [5, 5.41) is 0.638. The lowest BCUT2D eigenvalue weighted by Gasteiger charge is -2.35. The van der Waals surface area contributed by atoms with Crippen molar-refractivity contribution >= 4 is 19.6 Å². The number of hydrogen-bond donors (Lipinski definition) is 1. The van der Waals surface area contributed by atoms with Crippen LogP contribution in [0.5, 0.6) is 0 Å². The summed E-state index contributed by atoms with van der Waals surface area (Å²) in [7, 11) is -1.90. The van der Waals surface area contributed by atoms with Gasteiger partial charge in [0.2, 0.25) is 0 Å². The van der Waals surface area contributed by atoms with Crippen LogP contribution in [0.2, 0.25) is 5.02 Å². The Morgan fingerprint density at radius 2 is 1.74 bits per heavy atom. The fraction of sp³-hybridized carbons (Fsp3) is 0.625. The number of nitrogens with two attached hydrogens (primary N) is 1. The molecule has 2 atom stereocenters. The van der Waals surface area contributed by atoms with Crippen molar-refractivity contribution < 1.29 is 18.6 Å². The van der Waals surface area contributed by atoms with Gasteiger partial charge in [0.15, 0.2) is 6.16 Å². The van der Waals surface area contributed by atoms with Gasteiger partial charge >= 0.3 is 14.0 Å². The second-order valence-corrected chi connectivity index (χ2v) is 6.81.